The Kier molecular flexibility index (Phi) is 4.39. The molecule has 5 nitrogen and oxygen atoms in total. The predicted molar refractivity (Wildman–Crippen MR) is 72.7 cm³/mol. The summed E-state index contributed by atoms with van der Waals surface area (Å²) in [4.78, 5) is 22.6. The fraction of sp³-hybridized carbons (Fsp3) is 0.385. The monoisotopic (exact) mass is 282 g/mol. The normalized spacial score (nSPS) is 18.3. The van der Waals surface area contributed by atoms with Crippen LogP contribution in [0.25, 0.3) is 0 Å². The molecule has 1 aromatic rings. The van der Waals surface area contributed by atoms with Gasteiger partial charge in [-0.25, -0.2) is 4.79 Å². The van der Waals surface area contributed by atoms with E-state index in [4.69, 9.17) is 16.7 Å². The van der Waals surface area contributed by atoms with Gasteiger partial charge in [-0.15, -0.1) is 0 Å². The maximum Gasteiger partial charge on any atom is 0.335 e. The number of carbonyl (C=O) groups excluding carboxylic acids is 1. The molecule has 3 N–H and O–H groups in total. The molecular weight excluding hydrogens is 268 g/mol. The van der Waals surface area contributed by atoms with E-state index in [1.165, 1.54) is 18.2 Å². The van der Waals surface area contributed by atoms with Crippen molar-refractivity contribution >= 4 is 29.2 Å². The second-order valence-electron chi connectivity index (χ2n) is 4.55. The third-order valence-electron chi connectivity index (χ3n) is 3.08. The van der Waals surface area contributed by atoms with Gasteiger partial charge in [-0.05, 0) is 37.6 Å². The molecule has 1 heterocycles. The van der Waals surface area contributed by atoms with Crippen LogP contribution in [0.1, 0.15) is 29.6 Å². The van der Waals surface area contributed by atoms with Crippen LogP contribution in [-0.4, -0.2) is 29.6 Å². The van der Waals surface area contributed by atoms with E-state index in [-0.39, 0.29) is 22.5 Å². The van der Waals surface area contributed by atoms with Crippen molar-refractivity contribution in [3.05, 3.63) is 28.8 Å². The molecule has 0 radical (unpaired) electrons. The molecule has 1 fully saturated rings. The second-order valence-corrected chi connectivity index (χ2v) is 4.95. The Morgan fingerprint density at radius 3 is 2.84 bits per heavy atom. The van der Waals surface area contributed by atoms with Crippen molar-refractivity contribution in [2.75, 3.05) is 11.9 Å². The number of anilines is 1. The van der Waals surface area contributed by atoms with E-state index in [9.17, 15) is 9.59 Å². The largest absolute Gasteiger partial charge is 0.478 e. The molecule has 1 amide bonds. The van der Waals surface area contributed by atoms with E-state index < -0.39 is 5.97 Å². The minimum absolute atomic E-state index is 0.0976. The van der Waals surface area contributed by atoms with Crippen molar-refractivity contribution in [2.45, 2.75) is 25.3 Å². The fourth-order valence-corrected chi connectivity index (χ4v) is 2.33. The molecule has 0 spiro atoms. The van der Waals surface area contributed by atoms with Gasteiger partial charge in [0, 0.05) is 12.5 Å². The second kappa shape index (κ2) is 6.04. The Morgan fingerprint density at radius 2 is 2.26 bits per heavy atom. The van der Waals surface area contributed by atoms with Gasteiger partial charge in [0.1, 0.15) is 0 Å². The highest BCUT2D eigenvalue weighted by atomic mass is 35.5. The lowest BCUT2D eigenvalue weighted by Crippen LogP contribution is -2.27. The van der Waals surface area contributed by atoms with Crippen LogP contribution in [0.3, 0.4) is 0 Å². The van der Waals surface area contributed by atoms with Crippen LogP contribution in [0.2, 0.25) is 5.02 Å². The summed E-state index contributed by atoms with van der Waals surface area (Å²) < 4.78 is 0. The lowest BCUT2D eigenvalue weighted by molar-refractivity contribution is -0.116. The van der Waals surface area contributed by atoms with Gasteiger partial charge < -0.3 is 15.7 Å². The topological polar surface area (TPSA) is 78.4 Å². The number of carboxylic acid groups (broad SMARTS) is 1. The van der Waals surface area contributed by atoms with Crippen LogP contribution in [-0.2, 0) is 4.79 Å². The predicted octanol–water partition coefficient (Wildman–Crippen LogP) is 2.12. The maximum atomic E-state index is 11.8. The van der Waals surface area contributed by atoms with Crippen LogP contribution in [0.15, 0.2) is 18.2 Å². The summed E-state index contributed by atoms with van der Waals surface area (Å²) in [6.45, 7) is 0.950. The molecule has 1 saturated heterocycles. The maximum absolute atomic E-state index is 11.8. The summed E-state index contributed by atoms with van der Waals surface area (Å²) in [7, 11) is 0. The number of amides is 1. The first kappa shape index (κ1) is 13.8. The summed E-state index contributed by atoms with van der Waals surface area (Å²) in [5.74, 6) is -1.17. The van der Waals surface area contributed by atoms with E-state index in [0.717, 1.165) is 19.4 Å². The first-order valence-electron chi connectivity index (χ1n) is 6.12. The van der Waals surface area contributed by atoms with Crippen molar-refractivity contribution < 1.29 is 14.7 Å². The highest BCUT2D eigenvalue weighted by molar-refractivity contribution is 6.34. The van der Waals surface area contributed by atoms with Crippen molar-refractivity contribution in [1.29, 1.82) is 0 Å². The summed E-state index contributed by atoms with van der Waals surface area (Å²) >= 11 is 5.94. The Morgan fingerprint density at radius 1 is 1.47 bits per heavy atom. The molecule has 1 aliphatic heterocycles. The number of hydrogen-bond acceptors (Lipinski definition) is 3. The zero-order chi connectivity index (χ0) is 13.8. The van der Waals surface area contributed by atoms with Crippen LogP contribution in [0.5, 0.6) is 0 Å². The molecule has 0 bridgehead atoms. The standard InChI is InChI=1S/C13H15ClN2O3/c14-10-6-8(13(18)19)3-4-11(10)16-12(17)7-9-2-1-5-15-9/h3-4,6,9,15H,1-2,5,7H2,(H,16,17)(H,18,19). The number of aromatic carboxylic acids is 1. The van der Waals surface area contributed by atoms with Gasteiger partial charge in [0.25, 0.3) is 0 Å². The third kappa shape index (κ3) is 3.68. The quantitative estimate of drug-likeness (QED) is 0.790. The number of carbonyl (C=O) groups is 2. The minimum Gasteiger partial charge on any atom is -0.478 e. The third-order valence-corrected chi connectivity index (χ3v) is 3.40. The molecule has 102 valence electrons. The summed E-state index contributed by atoms with van der Waals surface area (Å²) in [5.41, 5.74) is 0.537. The van der Waals surface area contributed by atoms with Crippen LogP contribution in [0.4, 0.5) is 5.69 Å². The van der Waals surface area contributed by atoms with Crippen molar-refractivity contribution in [2.24, 2.45) is 0 Å². The molecule has 1 unspecified atom stereocenters. The number of halogens is 1. The number of hydrogen-bond donors (Lipinski definition) is 3. The van der Waals surface area contributed by atoms with Gasteiger partial charge in [-0.3, -0.25) is 4.79 Å². The van der Waals surface area contributed by atoms with E-state index in [1.807, 2.05) is 0 Å². The first-order chi connectivity index (χ1) is 9.06. The smallest absolute Gasteiger partial charge is 0.335 e. The van der Waals surface area contributed by atoms with Gasteiger partial charge >= 0.3 is 5.97 Å². The minimum atomic E-state index is -1.05. The van der Waals surface area contributed by atoms with E-state index in [2.05, 4.69) is 10.6 Å². The number of nitrogens with one attached hydrogen (secondary N) is 2. The summed E-state index contributed by atoms with van der Waals surface area (Å²) in [6, 6.07) is 4.47. The Bertz CT molecular complexity index is 499. The van der Waals surface area contributed by atoms with Gasteiger partial charge in [0.05, 0.1) is 16.3 Å². The van der Waals surface area contributed by atoms with Crippen molar-refractivity contribution in [3.63, 3.8) is 0 Å². The SMILES string of the molecule is O=C(CC1CCCN1)Nc1ccc(C(=O)O)cc1Cl. The van der Waals surface area contributed by atoms with E-state index >= 15 is 0 Å². The zero-order valence-corrected chi connectivity index (χ0v) is 11.0. The molecule has 1 aliphatic rings. The van der Waals surface area contributed by atoms with Gasteiger partial charge in [0.2, 0.25) is 5.91 Å². The van der Waals surface area contributed by atoms with Crippen LogP contribution < -0.4 is 10.6 Å². The molecular formula is C13H15ClN2O3. The molecule has 0 aromatic heterocycles. The average molecular weight is 283 g/mol. The zero-order valence-electron chi connectivity index (χ0n) is 10.3. The number of carboxylic acids is 1. The molecule has 6 heteroatoms. The summed E-state index contributed by atoms with van der Waals surface area (Å²) in [6.07, 6.45) is 2.49. The van der Waals surface area contributed by atoms with Crippen molar-refractivity contribution in [1.82, 2.24) is 5.32 Å². The fourth-order valence-electron chi connectivity index (χ4n) is 2.11. The highest BCUT2D eigenvalue weighted by Crippen LogP contribution is 2.23. The number of rotatable bonds is 4. The van der Waals surface area contributed by atoms with Crippen molar-refractivity contribution in [3.8, 4) is 0 Å². The van der Waals surface area contributed by atoms with Gasteiger partial charge in [-0.1, -0.05) is 11.6 Å². The van der Waals surface area contributed by atoms with Gasteiger partial charge in [0.15, 0.2) is 0 Å². The lowest BCUT2D eigenvalue weighted by Gasteiger charge is -2.11. The molecule has 0 aliphatic carbocycles. The van der Waals surface area contributed by atoms with Crippen LogP contribution >= 0.6 is 11.6 Å². The summed E-state index contributed by atoms with van der Waals surface area (Å²) in [5, 5.41) is 15.0. The molecule has 1 aromatic carbocycles. The molecule has 1 atom stereocenters. The van der Waals surface area contributed by atoms with E-state index in [0.29, 0.717) is 12.1 Å². The molecule has 19 heavy (non-hydrogen) atoms. The lowest BCUT2D eigenvalue weighted by atomic mass is 10.1. The Labute approximate surface area is 116 Å². The molecule has 0 saturated carbocycles. The average Bonchev–Trinajstić information content (AvgIpc) is 2.84. The van der Waals surface area contributed by atoms with E-state index in [1.54, 1.807) is 0 Å². The Balaban J connectivity index is 1.98. The Hall–Kier alpha value is -1.59. The molecule has 2 rings (SSSR count). The number of benzene rings is 1. The highest BCUT2D eigenvalue weighted by Gasteiger charge is 2.18. The first-order valence-corrected chi connectivity index (χ1v) is 6.50. The van der Waals surface area contributed by atoms with Crippen LogP contribution in [0, 0.1) is 0 Å². The van der Waals surface area contributed by atoms with Gasteiger partial charge in [-0.2, -0.15) is 0 Å².